The molecular formula is C10H18N2O. The molecule has 3 nitrogen and oxygen atoms in total. The second-order valence-corrected chi connectivity index (χ2v) is 3.23. The van der Waals surface area contributed by atoms with Crippen molar-refractivity contribution < 1.29 is 4.74 Å². The summed E-state index contributed by atoms with van der Waals surface area (Å²) < 4.78 is 5.59. The van der Waals surface area contributed by atoms with E-state index in [1.165, 1.54) is 6.42 Å². The van der Waals surface area contributed by atoms with Crippen LogP contribution >= 0.6 is 0 Å². The molecule has 1 heterocycles. The Bertz CT molecular complexity index is 185. The third-order valence-corrected chi connectivity index (χ3v) is 2.31. The van der Waals surface area contributed by atoms with E-state index in [1.807, 2.05) is 0 Å². The smallest absolute Gasteiger partial charge is 0.150 e. The van der Waals surface area contributed by atoms with Gasteiger partial charge in [-0.2, -0.15) is 5.10 Å². The second kappa shape index (κ2) is 5.02. The quantitative estimate of drug-likeness (QED) is 0.492. The monoisotopic (exact) mass is 182 g/mol. The second-order valence-electron chi connectivity index (χ2n) is 3.23. The maximum absolute atomic E-state index is 5.59. The molecule has 74 valence electrons. The molecular weight excluding hydrogens is 164 g/mol. The van der Waals surface area contributed by atoms with Gasteiger partial charge in [0.25, 0.3) is 0 Å². The van der Waals surface area contributed by atoms with Gasteiger partial charge in [0.2, 0.25) is 0 Å². The van der Waals surface area contributed by atoms with E-state index in [0.29, 0.717) is 0 Å². The molecule has 0 aliphatic carbocycles. The third-order valence-electron chi connectivity index (χ3n) is 2.31. The van der Waals surface area contributed by atoms with E-state index >= 15 is 0 Å². The lowest BCUT2D eigenvalue weighted by molar-refractivity contribution is -0.0708. The molecule has 0 bridgehead atoms. The van der Waals surface area contributed by atoms with E-state index in [1.54, 1.807) is 5.01 Å². The molecule has 1 rings (SSSR count). The number of rotatable bonds is 4. The van der Waals surface area contributed by atoms with Crippen LogP contribution in [-0.2, 0) is 4.74 Å². The summed E-state index contributed by atoms with van der Waals surface area (Å²) in [5.74, 6) is 0. The highest BCUT2D eigenvalue weighted by Crippen LogP contribution is 2.21. The van der Waals surface area contributed by atoms with Gasteiger partial charge in [0, 0.05) is 19.0 Å². The van der Waals surface area contributed by atoms with Crippen molar-refractivity contribution in [2.45, 2.75) is 38.8 Å². The Kier molecular flexibility index (Phi) is 3.96. The molecule has 1 aliphatic heterocycles. The molecule has 0 aromatic heterocycles. The standard InChI is InChI=1S/C10H18N2O/c1-4-9(2)12(11-3)10-7-5-6-8-13-10/h10H,2-8H2,1H3. The molecule has 0 radical (unpaired) electrons. The van der Waals surface area contributed by atoms with Crippen LogP contribution in [0, 0.1) is 0 Å². The Balaban J connectivity index is 2.53. The Morgan fingerprint density at radius 3 is 2.85 bits per heavy atom. The van der Waals surface area contributed by atoms with E-state index in [0.717, 1.165) is 31.6 Å². The summed E-state index contributed by atoms with van der Waals surface area (Å²) in [7, 11) is 0. The van der Waals surface area contributed by atoms with Crippen molar-refractivity contribution >= 4 is 6.72 Å². The molecule has 0 N–H and O–H groups in total. The first-order valence-corrected chi connectivity index (χ1v) is 4.84. The number of hydrazone groups is 1. The summed E-state index contributed by atoms with van der Waals surface area (Å²) in [5.41, 5.74) is 0.974. The topological polar surface area (TPSA) is 24.8 Å². The average molecular weight is 182 g/mol. The Hall–Kier alpha value is -0.830. The molecule has 1 saturated heterocycles. The molecule has 1 fully saturated rings. The van der Waals surface area contributed by atoms with Crippen molar-refractivity contribution in [1.29, 1.82) is 0 Å². The normalized spacial score (nSPS) is 22.4. The fourth-order valence-electron chi connectivity index (χ4n) is 1.47. The minimum absolute atomic E-state index is 0.0682. The molecule has 3 heteroatoms. The van der Waals surface area contributed by atoms with Crippen LogP contribution in [0.4, 0.5) is 0 Å². The maximum Gasteiger partial charge on any atom is 0.150 e. The van der Waals surface area contributed by atoms with Crippen molar-refractivity contribution in [3.8, 4) is 0 Å². The number of ether oxygens (including phenoxy) is 1. The fraction of sp³-hybridized carbons (Fsp3) is 0.700. The highest BCUT2D eigenvalue weighted by Gasteiger charge is 2.21. The van der Waals surface area contributed by atoms with E-state index in [4.69, 9.17) is 4.74 Å². The van der Waals surface area contributed by atoms with Crippen molar-refractivity contribution in [2.24, 2.45) is 5.10 Å². The van der Waals surface area contributed by atoms with Gasteiger partial charge in [0.05, 0.1) is 0 Å². The summed E-state index contributed by atoms with van der Waals surface area (Å²) in [6, 6.07) is 0. The van der Waals surface area contributed by atoms with Gasteiger partial charge in [-0.05, 0) is 25.7 Å². The minimum Gasteiger partial charge on any atom is -0.357 e. The van der Waals surface area contributed by atoms with Crippen LogP contribution in [0.5, 0.6) is 0 Å². The Labute approximate surface area is 80.1 Å². The fourth-order valence-corrected chi connectivity index (χ4v) is 1.47. The van der Waals surface area contributed by atoms with Crippen molar-refractivity contribution in [3.05, 3.63) is 12.3 Å². The lowest BCUT2D eigenvalue weighted by Crippen LogP contribution is -2.34. The first-order valence-electron chi connectivity index (χ1n) is 4.84. The molecule has 0 aromatic carbocycles. The minimum atomic E-state index is 0.0682. The average Bonchev–Trinajstić information content (AvgIpc) is 2.20. The molecule has 13 heavy (non-hydrogen) atoms. The summed E-state index contributed by atoms with van der Waals surface area (Å²) in [6.45, 7) is 10.4. The van der Waals surface area contributed by atoms with Crippen LogP contribution in [0.3, 0.4) is 0 Å². The Morgan fingerprint density at radius 2 is 2.38 bits per heavy atom. The zero-order valence-corrected chi connectivity index (χ0v) is 8.33. The maximum atomic E-state index is 5.59. The van der Waals surface area contributed by atoms with Crippen molar-refractivity contribution in [1.82, 2.24) is 5.01 Å². The molecule has 1 aliphatic rings. The first kappa shape index (κ1) is 10.3. The lowest BCUT2D eigenvalue weighted by Gasteiger charge is -2.32. The van der Waals surface area contributed by atoms with Crippen LogP contribution in [0.1, 0.15) is 32.6 Å². The first-order chi connectivity index (χ1) is 6.29. The predicted octanol–water partition coefficient (Wildman–Crippen LogP) is 2.35. The lowest BCUT2D eigenvalue weighted by atomic mass is 10.2. The molecule has 0 amide bonds. The van der Waals surface area contributed by atoms with Crippen LogP contribution in [0.15, 0.2) is 17.4 Å². The van der Waals surface area contributed by atoms with E-state index in [2.05, 4.69) is 25.3 Å². The van der Waals surface area contributed by atoms with Gasteiger partial charge in [0.1, 0.15) is 6.23 Å². The zero-order valence-electron chi connectivity index (χ0n) is 8.33. The number of nitrogens with zero attached hydrogens (tertiary/aromatic N) is 2. The van der Waals surface area contributed by atoms with Crippen molar-refractivity contribution in [2.75, 3.05) is 6.61 Å². The van der Waals surface area contributed by atoms with E-state index < -0.39 is 0 Å². The van der Waals surface area contributed by atoms with Crippen LogP contribution in [0.25, 0.3) is 0 Å². The highest BCUT2D eigenvalue weighted by molar-refractivity contribution is 5.23. The van der Waals surface area contributed by atoms with Gasteiger partial charge in [0.15, 0.2) is 0 Å². The van der Waals surface area contributed by atoms with Crippen LogP contribution < -0.4 is 0 Å². The van der Waals surface area contributed by atoms with Crippen LogP contribution in [-0.4, -0.2) is 24.6 Å². The SMILES string of the molecule is C=NN(C(=C)CC)C1CCCCO1. The third kappa shape index (κ3) is 2.56. The molecule has 1 unspecified atom stereocenters. The summed E-state index contributed by atoms with van der Waals surface area (Å²) in [5, 5.41) is 5.75. The summed E-state index contributed by atoms with van der Waals surface area (Å²) in [6.07, 6.45) is 4.34. The summed E-state index contributed by atoms with van der Waals surface area (Å²) >= 11 is 0. The van der Waals surface area contributed by atoms with Gasteiger partial charge < -0.3 is 4.74 Å². The van der Waals surface area contributed by atoms with Gasteiger partial charge in [-0.25, -0.2) is 5.01 Å². The molecule has 0 aromatic rings. The number of allylic oxidation sites excluding steroid dienone is 1. The molecule has 1 atom stereocenters. The highest BCUT2D eigenvalue weighted by atomic mass is 16.5. The largest absolute Gasteiger partial charge is 0.357 e. The van der Waals surface area contributed by atoms with Crippen molar-refractivity contribution in [3.63, 3.8) is 0 Å². The number of hydrogen-bond donors (Lipinski definition) is 0. The summed E-state index contributed by atoms with van der Waals surface area (Å²) in [4.78, 5) is 0. The van der Waals surface area contributed by atoms with Gasteiger partial charge in [-0.15, -0.1) is 0 Å². The van der Waals surface area contributed by atoms with Gasteiger partial charge in [-0.3, -0.25) is 0 Å². The molecule has 0 spiro atoms. The van der Waals surface area contributed by atoms with E-state index in [-0.39, 0.29) is 6.23 Å². The predicted molar refractivity (Wildman–Crippen MR) is 54.4 cm³/mol. The van der Waals surface area contributed by atoms with E-state index in [9.17, 15) is 0 Å². The number of hydrogen-bond acceptors (Lipinski definition) is 3. The van der Waals surface area contributed by atoms with Gasteiger partial charge in [-0.1, -0.05) is 13.5 Å². The van der Waals surface area contributed by atoms with Crippen LogP contribution in [0.2, 0.25) is 0 Å². The molecule has 0 saturated carbocycles. The zero-order chi connectivity index (χ0) is 9.68. The Morgan fingerprint density at radius 1 is 1.62 bits per heavy atom. The van der Waals surface area contributed by atoms with Gasteiger partial charge >= 0.3 is 0 Å².